The number of halogens is 1. The lowest BCUT2D eigenvalue weighted by atomic mass is 10.1. The van der Waals surface area contributed by atoms with Gasteiger partial charge in [-0.1, -0.05) is 6.07 Å². The Morgan fingerprint density at radius 3 is 3.00 bits per heavy atom. The molecule has 1 unspecified atom stereocenters. The monoisotopic (exact) mass is 247 g/mol. The summed E-state index contributed by atoms with van der Waals surface area (Å²) in [6, 6.07) is 6.00. The molecule has 0 spiro atoms. The fraction of sp³-hybridized carbons (Fsp3) is 0.154. The summed E-state index contributed by atoms with van der Waals surface area (Å²) in [6.45, 7) is 1.56. The predicted molar refractivity (Wildman–Crippen MR) is 62.3 cm³/mol. The number of carbonyl (C=O) groups is 2. The quantitative estimate of drug-likeness (QED) is 0.474. The Morgan fingerprint density at radius 1 is 1.50 bits per heavy atom. The van der Waals surface area contributed by atoms with E-state index in [1.807, 2.05) is 0 Å². The summed E-state index contributed by atoms with van der Waals surface area (Å²) < 4.78 is 18.3. The highest BCUT2D eigenvalue weighted by Gasteiger charge is 2.16. The Labute approximate surface area is 102 Å². The molecular formula is C13H10FNO3. The maximum Gasteiger partial charge on any atom is 0.371 e. The SMILES string of the molecule is CC(OC(=O)C=O)c1cc(F)cc2cccnc12. The van der Waals surface area contributed by atoms with Gasteiger partial charge in [-0.05, 0) is 25.1 Å². The van der Waals surface area contributed by atoms with Crippen molar-refractivity contribution in [1.29, 1.82) is 0 Å². The fourth-order valence-corrected chi connectivity index (χ4v) is 1.76. The minimum absolute atomic E-state index is 0.0748. The molecule has 92 valence electrons. The summed E-state index contributed by atoms with van der Waals surface area (Å²) in [5, 5.41) is 0.613. The van der Waals surface area contributed by atoms with Crippen molar-refractivity contribution in [3.63, 3.8) is 0 Å². The summed E-state index contributed by atoms with van der Waals surface area (Å²) in [7, 11) is 0. The molecule has 0 aliphatic rings. The lowest BCUT2D eigenvalue weighted by Crippen LogP contribution is -2.10. The van der Waals surface area contributed by atoms with Crippen LogP contribution in [-0.2, 0) is 14.3 Å². The molecule has 0 saturated heterocycles. The standard InChI is InChI=1S/C13H10FNO3/c1-8(18-12(17)7-16)11-6-10(14)5-9-3-2-4-15-13(9)11/h2-8H,1H3. The largest absolute Gasteiger partial charge is 0.452 e. The average Bonchev–Trinajstić information content (AvgIpc) is 2.37. The Hall–Kier alpha value is -2.30. The summed E-state index contributed by atoms with van der Waals surface area (Å²) in [5.41, 5.74) is 0.978. The minimum atomic E-state index is -0.990. The van der Waals surface area contributed by atoms with Gasteiger partial charge in [0.2, 0.25) is 6.29 Å². The normalized spacial score (nSPS) is 12.1. The third-order valence-corrected chi connectivity index (χ3v) is 2.53. The highest BCUT2D eigenvalue weighted by atomic mass is 19.1. The molecule has 1 atom stereocenters. The Morgan fingerprint density at radius 2 is 2.28 bits per heavy atom. The Kier molecular flexibility index (Phi) is 3.32. The van der Waals surface area contributed by atoms with Gasteiger partial charge in [-0.15, -0.1) is 0 Å². The van der Waals surface area contributed by atoms with Crippen molar-refractivity contribution in [2.45, 2.75) is 13.0 Å². The van der Waals surface area contributed by atoms with Gasteiger partial charge in [0.15, 0.2) is 0 Å². The number of aromatic nitrogens is 1. The first-order valence-corrected chi connectivity index (χ1v) is 5.32. The molecule has 4 nitrogen and oxygen atoms in total. The van der Waals surface area contributed by atoms with Gasteiger partial charge in [0, 0.05) is 17.1 Å². The van der Waals surface area contributed by atoms with E-state index in [0.717, 1.165) is 0 Å². The molecule has 18 heavy (non-hydrogen) atoms. The zero-order valence-electron chi connectivity index (χ0n) is 9.59. The maximum absolute atomic E-state index is 13.4. The van der Waals surface area contributed by atoms with Crippen molar-refractivity contribution in [2.24, 2.45) is 0 Å². The molecule has 0 amide bonds. The number of hydrogen-bond donors (Lipinski definition) is 0. The van der Waals surface area contributed by atoms with Gasteiger partial charge in [0.1, 0.15) is 11.9 Å². The van der Waals surface area contributed by atoms with Gasteiger partial charge in [-0.3, -0.25) is 9.78 Å². The number of hydrogen-bond acceptors (Lipinski definition) is 4. The highest BCUT2D eigenvalue weighted by Crippen LogP contribution is 2.26. The van der Waals surface area contributed by atoms with Crippen LogP contribution in [0.25, 0.3) is 10.9 Å². The van der Waals surface area contributed by atoms with Gasteiger partial charge >= 0.3 is 5.97 Å². The second-order valence-corrected chi connectivity index (χ2v) is 3.77. The van der Waals surface area contributed by atoms with Crippen LogP contribution in [0.15, 0.2) is 30.5 Å². The van der Waals surface area contributed by atoms with E-state index >= 15 is 0 Å². The van der Waals surface area contributed by atoms with Gasteiger partial charge in [0.05, 0.1) is 5.52 Å². The van der Waals surface area contributed by atoms with Crippen LogP contribution < -0.4 is 0 Å². The summed E-state index contributed by atoms with van der Waals surface area (Å²) in [6.07, 6.45) is 0.902. The van der Waals surface area contributed by atoms with Crippen LogP contribution in [-0.4, -0.2) is 17.2 Å². The summed E-state index contributed by atoms with van der Waals surface area (Å²) in [4.78, 5) is 25.3. The first-order valence-electron chi connectivity index (χ1n) is 5.32. The number of aldehydes is 1. The molecule has 0 N–H and O–H groups in total. The van der Waals surface area contributed by atoms with E-state index in [1.165, 1.54) is 12.1 Å². The Bertz CT molecular complexity index is 612. The molecule has 0 aliphatic heterocycles. The number of benzene rings is 1. The van der Waals surface area contributed by atoms with Crippen molar-refractivity contribution in [3.8, 4) is 0 Å². The Balaban J connectivity index is 2.49. The van der Waals surface area contributed by atoms with Gasteiger partial charge < -0.3 is 4.74 Å². The number of pyridine rings is 1. The highest BCUT2D eigenvalue weighted by molar-refractivity contribution is 6.20. The smallest absolute Gasteiger partial charge is 0.371 e. The first-order chi connectivity index (χ1) is 8.61. The molecular weight excluding hydrogens is 237 g/mol. The third kappa shape index (κ3) is 2.34. The van der Waals surface area contributed by atoms with Crippen molar-refractivity contribution in [3.05, 3.63) is 41.8 Å². The number of rotatable bonds is 3. The molecule has 0 saturated carbocycles. The van der Waals surface area contributed by atoms with E-state index in [2.05, 4.69) is 4.98 Å². The van der Waals surface area contributed by atoms with Crippen LogP contribution in [0.3, 0.4) is 0 Å². The lowest BCUT2D eigenvalue weighted by molar-refractivity contribution is -0.152. The third-order valence-electron chi connectivity index (χ3n) is 2.53. The van der Waals surface area contributed by atoms with Gasteiger partial charge in [0.25, 0.3) is 0 Å². The number of carbonyl (C=O) groups excluding carboxylic acids is 2. The number of fused-ring (bicyclic) bond motifs is 1. The van der Waals surface area contributed by atoms with Crippen LogP contribution in [0.5, 0.6) is 0 Å². The van der Waals surface area contributed by atoms with Crippen molar-refractivity contribution >= 4 is 23.2 Å². The molecule has 0 radical (unpaired) electrons. The van der Waals surface area contributed by atoms with Gasteiger partial charge in [-0.2, -0.15) is 0 Å². The van der Waals surface area contributed by atoms with Crippen LogP contribution in [0.1, 0.15) is 18.6 Å². The number of esters is 1. The van der Waals surface area contributed by atoms with Crippen LogP contribution in [0, 0.1) is 5.82 Å². The molecule has 5 heteroatoms. The van der Waals surface area contributed by atoms with E-state index in [9.17, 15) is 14.0 Å². The van der Waals surface area contributed by atoms with E-state index < -0.39 is 17.9 Å². The molecule has 1 heterocycles. The molecule has 0 aliphatic carbocycles. The van der Waals surface area contributed by atoms with Crippen LogP contribution in [0.4, 0.5) is 4.39 Å². The fourth-order valence-electron chi connectivity index (χ4n) is 1.76. The lowest BCUT2D eigenvalue weighted by Gasteiger charge is -2.13. The average molecular weight is 247 g/mol. The van der Waals surface area contributed by atoms with Crippen molar-refractivity contribution in [2.75, 3.05) is 0 Å². The maximum atomic E-state index is 13.4. The van der Waals surface area contributed by atoms with Crippen molar-refractivity contribution < 1.29 is 18.7 Å². The topological polar surface area (TPSA) is 56.3 Å². The zero-order valence-corrected chi connectivity index (χ0v) is 9.59. The van der Waals surface area contributed by atoms with E-state index in [4.69, 9.17) is 4.74 Å². The van der Waals surface area contributed by atoms with E-state index in [0.29, 0.717) is 16.5 Å². The molecule has 2 rings (SSSR count). The summed E-state index contributed by atoms with van der Waals surface area (Å²) >= 11 is 0. The first kappa shape index (κ1) is 12.2. The molecule has 1 aromatic heterocycles. The number of nitrogens with zero attached hydrogens (tertiary/aromatic N) is 1. The molecule has 2 aromatic rings. The van der Waals surface area contributed by atoms with E-state index in [1.54, 1.807) is 25.3 Å². The number of ether oxygens (including phenoxy) is 1. The molecule has 0 bridgehead atoms. The predicted octanol–water partition coefficient (Wildman–Crippen LogP) is 2.18. The van der Waals surface area contributed by atoms with E-state index in [-0.39, 0.29) is 6.29 Å². The van der Waals surface area contributed by atoms with Gasteiger partial charge in [-0.25, -0.2) is 9.18 Å². The van der Waals surface area contributed by atoms with Crippen LogP contribution >= 0.6 is 0 Å². The summed E-state index contributed by atoms with van der Waals surface area (Å²) in [5.74, 6) is -1.43. The molecule has 1 aromatic carbocycles. The minimum Gasteiger partial charge on any atom is -0.452 e. The molecule has 0 fully saturated rings. The van der Waals surface area contributed by atoms with Crippen molar-refractivity contribution in [1.82, 2.24) is 4.98 Å². The second kappa shape index (κ2) is 4.91. The van der Waals surface area contributed by atoms with Crippen LogP contribution in [0.2, 0.25) is 0 Å². The zero-order chi connectivity index (χ0) is 13.1. The second-order valence-electron chi connectivity index (χ2n) is 3.77.